The molecular weight excluding hydrogens is 316 g/mol. The molecule has 2 unspecified atom stereocenters. The van der Waals surface area contributed by atoms with Gasteiger partial charge in [-0.05, 0) is 31.4 Å². The fourth-order valence-corrected chi connectivity index (χ4v) is 3.01. The highest BCUT2D eigenvalue weighted by Crippen LogP contribution is 2.33. The minimum atomic E-state index is -0.450. The third-order valence-corrected chi connectivity index (χ3v) is 4.47. The fraction of sp³-hybridized carbons (Fsp3) is 0.556. The van der Waals surface area contributed by atoms with Crippen LogP contribution in [0, 0.1) is 11.8 Å². The van der Waals surface area contributed by atoms with Gasteiger partial charge in [0.05, 0.1) is 23.5 Å². The van der Waals surface area contributed by atoms with Gasteiger partial charge in [-0.1, -0.05) is 49.9 Å². The standard InChI is InChI=1S/C18H23ClO4/c1-2-3-12-22-17(20)13-8-4-5-9-14(13)18(21)23-16-11-7-6-10-15(16)19/h6-7,10-11,13-14H,2-5,8-9,12H2,1H3. The fourth-order valence-electron chi connectivity index (χ4n) is 2.83. The Kier molecular flexibility index (Phi) is 6.90. The van der Waals surface area contributed by atoms with Gasteiger partial charge in [-0.15, -0.1) is 0 Å². The highest BCUT2D eigenvalue weighted by Gasteiger charge is 2.38. The molecule has 5 heteroatoms. The summed E-state index contributed by atoms with van der Waals surface area (Å²) in [5.74, 6) is -1.19. The minimum Gasteiger partial charge on any atom is -0.465 e. The van der Waals surface area contributed by atoms with Gasteiger partial charge in [0.25, 0.3) is 0 Å². The van der Waals surface area contributed by atoms with E-state index in [-0.39, 0.29) is 5.97 Å². The summed E-state index contributed by atoms with van der Waals surface area (Å²) in [5.41, 5.74) is 0. The van der Waals surface area contributed by atoms with Crippen molar-refractivity contribution in [2.45, 2.75) is 45.4 Å². The Labute approximate surface area is 142 Å². The van der Waals surface area contributed by atoms with Gasteiger partial charge in [-0.3, -0.25) is 9.59 Å². The molecule has 0 radical (unpaired) electrons. The van der Waals surface area contributed by atoms with Gasteiger partial charge in [0, 0.05) is 0 Å². The molecule has 126 valence electrons. The first-order valence-electron chi connectivity index (χ1n) is 8.26. The van der Waals surface area contributed by atoms with Gasteiger partial charge in [0.15, 0.2) is 0 Å². The maximum absolute atomic E-state index is 12.5. The van der Waals surface area contributed by atoms with Crippen LogP contribution < -0.4 is 4.74 Å². The van der Waals surface area contributed by atoms with Crippen LogP contribution in [0.3, 0.4) is 0 Å². The number of para-hydroxylation sites is 1. The number of hydrogen-bond donors (Lipinski definition) is 0. The first kappa shape index (κ1) is 17.8. The molecule has 0 bridgehead atoms. The second-order valence-electron chi connectivity index (χ2n) is 5.87. The Balaban J connectivity index is 2.01. The van der Waals surface area contributed by atoms with E-state index in [1.807, 2.05) is 6.92 Å². The smallest absolute Gasteiger partial charge is 0.315 e. The second-order valence-corrected chi connectivity index (χ2v) is 6.28. The van der Waals surface area contributed by atoms with Crippen molar-refractivity contribution in [2.24, 2.45) is 11.8 Å². The molecule has 1 aromatic rings. The molecule has 1 fully saturated rings. The number of ether oxygens (including phenoxy) is 2. The average Bonchev–Trinajstić information content (AvgIpc) is 2.57. The summed E-state index contributed by atoms with van der Waals surface area (Å²) in [6.07, 6.45) is 4.98. The van der Waals surface area contributed by atoms with Crippen molar-refractivity contribution in [2.75, 3.05) is 6.61 Å². The molecule has 0 aromatic heterocycles. The average molecular weight is 339 g/mol. The lowest BCUT2D eigenvalue weighted by Gasteiger charge is -2.28. The Morgan fingerprint density at radius 2 is 1.78 bits per heavy atom. The predicted octanol–water partition coefficient (Wildman–Crippen LogP) is 4.40. The molecule has 2 atom stereocenters. The molecule has 1 saturated carbocycles. The van der Waals surface area contributed by atoms with Gasteiger partial charge >= 0.3 is 11.9 Å². The van der Waals surface area contributed by atoms with Crippen molar-refractivity contribution < 1.29 is 19.1 Å². The van der Waals surface area contributed by atoms with E-state index >= 15 is 0 Å². The minimum absolute atomic E-state index is 0.278. The van der Waals surface area contributed by atoms with E-state index in [0.717, 1.165) is 25.7 Å². The Morgan fingerprint density at radius 3 is 2.43 bits per heavy atom. The van der Waals surface area contributed by atoms with Crippen molar-refractivity contribution in [3.8, 4) is 5.75 Å². The van der Waals surface area contributed by atoms with Crippen LogP contribution in [0.1, 0.15) is 45.4 Å². The first-order chi connectivity index (χ1) is 11.1. The molecule has 1 aliphatic carbocycles. The first-order valence-corrected chi connectivity index (χ1v) is 8.64. The van der Waals surface area contributed by atoms with E-state index in [0.29, 0.717) is 30.2 Å². The number of benzene rings is 1. The molecule has 0 N–H and O–H groups in total. The lowest BCUT2D eigenvalue weighted by atomic mass is 9.79. The SMILES string of the molecule is CCCCOC(=O)C1CCCCC1C(=O)Oc1ccccc1Cl. The van der Waals surface area contributed by atoms with E-state index < -0.39 is 17.8 Å². The summed E-state index contributed by atoms with van der Waals surface area (Å²) in [6, 6.07) is 6.85. The largest absolute Gasteiger partial charge is 0.465 e. The zero-order valence-corrected chi connectivity index (χ0v) is 14.2. The zero-order chi connectivity index (χ0) is 16.7. The maximum atomic E-state index is 12.5. The van der Waals surface area contributed by atoms with Crippen molar-refractivity contribution in [3.63, 3.8) is 0 Å². The van der Waals surface area contributed by atoms with Crippen LogP contribution in [0.2, 0.25) is 5.02 Å². The molecular formula is C18H23ClO4. The number of carbonyl (C=O) groups excluding carboxylic acids is 2. The molecule has 0 heterocycles. The van der Waals surface area contributed by atoms with E-state index in [9.17, 15) is 9.59 Å². The van der Waals surface area contributed by atoms with Crippen molar-refractivity contribution in [1.82, 2.24) is 0 Å². The normalized spacial score (nSPS) is 20.8. The molecule has 0 amide bonds. The molecule has 23 heavy (non-hydrogen) atoms. The molecule has 4 nitrogen and oxygen atoms in total. The lowest BCUT2D eigenvalue weighted by molar-refractivity contribution is -0.158. The van der Waals surface area contributed by atoms with Crippen molar-refractivity contribution >= 4 is 23.5 Å². The highest BCUT2D eigenvalue weighted by molar-refractivity contribution is 6.32. The maximum Gasteiger partial charge on any atom is 0.315 e. The summed E-state index contributed by atoms with van der Waals surface area (Å²) < 4.78 is 10.7. The number of unbranched alkanes of at least 4 members (excludes halogenated alkanes) is 1. The molecule has 0 aliphatic heterocycles. The quantitative estimate of drug-likeness (QED) is 0.438. The van der Waals surface area contributed by atoms with E-state index in [4.69, 9.17) is 21.1 Å². The van der Waals surface area contributed by atoms with Crippen molar-refractivity contribution in [3.05, 3.63) is 29.3 Å². The van der Waals surface area contributed by atoms with E-state index in [2.05, 4.69) is 0 Å². The van der Waals surface area contributed by atoms with Gasteiger partial charge in [0.1, 0.15) is 5.75 Å². The topological polar surface area (TPSA) is 52.6 Å². The molecule has 2 rings (SSSR count). The van der Waals surface area contributed by atoms with Gasteiger partial charge in [-0.25, -0.2) is 0 Å². The van der Waals surface area contributed by atoms with Crippen LogP contribution in [-0.4, -0.2) is 18.5 Å². The Hall–Kier alpha value is -1.55. The molecule has 1 aromatic carbocycles. The highest BCUT2D eigenvalue weighted by atomic mass is 35.5. The number of hydrogen-bond acceptors (Lipinski definition) is 4. The van der Waals surface area contributed by atoms with Crippen LogP contribution in [-0.2, 0) is 14.3 Å². The second kappa shape index (κ2) is 8.92. The van der Waals surface area contributed by atoms with Crippen LogP contribution >= 0.6 is 11.6 Å². The van der Waals surface area contributed by atoms with Gasteiger partial charge in [-0.2, -0.15) is 0 Å². The number of carbonyl (C=O) groups is 2. The zero-order valence-electron chi connectivity index (χ0n) is 13.4. The van der Waals surface area contributed by atoms with Gasteiger partial charge < -0.3 is 9.47 Å². The molecule has 0 spiro atoms. The number of halogens is 1. The summed E-state index contributed by atoms with van der Waals surface area (Å²) in [7, 11) is 0. The number of esters is 2. The van der Waals surface area contributed by atoms with Crippen LogP contribution in [0.25, 0.3) is 0 Å². The summed E-state index contributed by atoms with van der Waals surface area (Å²) >= 11 is 6.02. The van der Waals surface area contributed by atoms with Gasteiger partial charge in [0.2, 0.25) is 0 Å². The monoisotopic (exact) mass is 338 g/mol. The van der Waals surface area contributed by atoms with Crippen LogP contribution in [0.5, 0.6) is 5.75 Å². The summed E-state index contributed by atoms with van der Waals surface area (Å²) in [5, 5.41) is 0.388. The third kappa shape index (κ3) is 4.96. The summed E-state index contributed by atoms with van der Waals surface area (Å²) in [6.45, 7) is 2.45. The Morgan fingerprint density at radius 1 is 1.13 bits per heavy atom. The number of rotatable bonds is 6. The lowest BCUT2D eigenvalue weighted by Crippen LogP contribution is -2.36. The van der Waals surface area contributed by atoms with Crippen LogP contribution in [0.4, 0.5) is 0 Å². The predicted molar refractivity (Wildman–Crippen MR) is 88.4 cm³/mol. The Bertz CT molecular complexity index is 544. The van der Waals surface area contributed by atoms with Crippen molar-refractivity contribution in [1.29, 1.82) is 0 Å². The summed E-state index contributed by atoms with van der Waals surface area (Å²) in [4.78, 5) is 24.7. The van der Waals surface area contributed by atoms with E-state index in [1.54, 1.807) is 24.3 Å². The van der Waals surface area contributed by atoms with Crippen LogP contribution in [0.15, 0.2) is 24.3 Å². The third-order valence-electron chi connectivity index (χ3n) is 4.16. The molecule has 0 saturated heterocycles. The van der Waals surface area contributed by atoms with E-state index in [1.165, 1.54) is 0 Å². The molecule has 1 aliphatic rings.